The van der Waals surface area contributed by atoms with E-state index < -0.39 is 25.5 Å². The molecule has 2 aromatic rings. The molecule has 11 heteroatoms. The summed E-state index contributed by atoms with van der Waals surface area (Å²) >= 11 is 0. The van der Waals surface area contributed by atoms with Crippen LogP contribution in [0.1, 0.15) is 23.2 Å². The first-order valence-corrected chi connectivity index (χ1v) is 9.70. The molecule has 10 nitrogen and oxygen atoms in total. The lowest BCUT2D eigenvalue weighted by Gasteiger charge is -2.32. The Balaban J connectivity index is 1.72. The predicted octanol–water partition coefficient (Wildman–Crippen LogP) is 1.55. The van der Waals surface area contributed by atoms with Crippen molar-refractivity contribution in [3.8, 4) is 0 Å². The first kappa shape index (κ1) is 18.9. The number of para-hydroxylation sites is 1. The number of hydrogen-bond acceptors (Lipinski definition) is 7. The molecule has 0 radical (unpaired) electrons. The van der Waals surface area contributed by atoms with Crippen molar-refractivity contribution in [2.45, 2.75) is 23.8 Å². The summed E-state index contributed by atoms with van der Waals surface area (Å²) in [5.41, 5.74) is -0.0130. The van der Waals surface area contributed by atoms with Gasteiger partial charge in [0, 0.05) is 19.1 Å². The second-order valence-corrected chi connectivity index (χ2v) is 7.71. The minimum atomic E-state index is -4.23. The fourth-order valence-corrected chi connectivity index (χ4v) is 3.79. The van der Waals surface area contributed by atoms with Crippen LogP contribution in [0, 0.1) is 10.1 Å². The second-order valence-electron chi connectivity index (χ2n) is 6.18. The van der Waals surface area contributed by atoms with Crippen LogP contribution in [0.3, 0.4) is 0 Å². The summed E-state index contributed by atoms with van der Waals surface area (Å²) in [6.07, 6.45) is 3.93. The van der Waals surface area contributed by atoms with Crippen LogP contribution in [0.15, 0.2) is 46.1 Å². The lowest BCUT2D eigenvalue weighted by atomic mass is 10.0. The number of furan rings is 1. The highest BCUT2D eigenvalue weighted by Crippen LogP contribution is 2.32. The number of nitro groups is 1. The van der Waals surface area contributed by atoms with E-state index in [0.717, 1.165) is 6.07 Å². The third-order valence-corrected chi connectivity index (χ3v) is 5.34. The molecule has 1 aliphatic heterocycles. The molecule has 1 amide bonds. The third-order valence-electron chi connectivity index (χ3n) is 4.40. The Morgan fingerprint density at radius 3 is 2.56 bits per heavy atom. The van der Waals surface area contributed by atoms with Gasteiger partial charge in [0.05, 0.1) is 16.7 Å². The number of nitro benzene ring substituents is 1. The molecule has 1 aromatic heterocycles. The average molecular weight is 394 g/mol. The number of primary sulfonamides is 1. The average Bonchev–Trinajstić information content (AvgIpc) is 3.15. The van der Waals surface area contributed by atoms with Crippen LogP contribution in [0.4, 0.5) is 11.4 Å². The summed E-state index contributed by atoms with van der Waals surface area (Å²) < 4.78 is 28.2. The van der Waals surface area contributed by atoms with Gasteiger partial charge in [0.2, 0.25) is 10.0 Å². The van der Waals surface area contributed by atoms with Crippen LogP contribution >= 0.6 is 0 Å². The van der Waals surface area contributed by atoms with E-state index in [2.05, 4.69) is 5.32 Å². The minimum Gasteiger partial charge on any atom is -0.472 e. The summed E-state index contributed by atoms with van der Waals surface area (Å²) in [6.45, 7) is 0.925. The number of nitrogens with one attached hydrogen (secondary N) is 1. The number of carbonyl (C=O) groups excluding carboxylic acids is 1. The van der Waals surface area contributed by atoms with Crippen molar-refractivity contribution in [1.29, 1.82) is 0 Å². The van der Waals surface area contributed by atoms with Gasteiger partial charge < -0.3 is 14.6 Å². The molecule has 3 rings (SSSR count). The number of rotatable bonds is 5. The van der Waals surface area contributed by atoms with Crippen LogP contribution in [0.5, 0.6) is 0 Å². The van der Waals surface area contributed by atoms with Crippen molar-refractivity contribution in [3.63, 3.8) is 0 Å². The van der Waals surface area contributed by atoms with Gasteiger partial charge in [-0.25, -0.2) is 13.6 Å². The van der Waals surface area contributed by atoms with E-state index in [1.165, 1.54) is 24.7 Å². The van der Waals surface area contributed by atoms with Gasteiger partial charge in [-0.2, -0.15) is 0 Å². The van der Waals surface area contributed by atoms with E-state index in [9.17, 15) is 23.3 Å². The number of nitrogens with zero attached hydrogens (tertiary/aromatic N) is 2. The molecule has 1 aromatic carbocycles. The van der Waals surface area contributed by atoms with Gasteiger partial charge in [0.1, 0.15) is 12.0 Å². The van der Waals surface area contributed by atoms with Crippen LogP contribution in [0.2, 0.25) is 0 Å². The lowest BCUT2D eigenvalue weighted by Crippen LogP contribution is -2.42. The molecule has 0 aliphatic carbocycles. The Morgan fingerprint density at radius 1 is 1.30 bits per heavy atom. The number of anilines is 1. The fourth-order valence-electron chi connectivity index (χ4n) is 3.07. The molecule has 2 heterocycles. The summed E-state index contributed by atoms with van der Waals surface area (Å²) in [7, 11) is -4.23. The number of carbonyl (C=O) groups is 1. The van der Waals surface area contributed by atoms with Crippen LogP contribution in [-0.2, 0) is 10.0 Å². The standard InChI is InChI=1S/C16H18N4O6S/c17-27(24,25)14-3-1-2-13(15(14)20(22)23)18-12-4-7-19(8-5-12)16(21)11-6-9-26-10-11/h1-3,6,9-10,12,18H,4-5,7-8H2,(H2,17,24,25). The number of nitrogens with two attached hydrogens (primary N) is 1. The van der Waals surface area contributed by atoms with E-state index in [0.29, 0.717) is 31.5 Å². The fraction of sp³-hybridized carbons (Fsp3) is 0.312. The van der Waals surface area contributed by atoms with Crippen LogP contribution in [0.25, 0.3) is 0 Å². The van der Waals surface area contributed by atoms with Crippen molar-refractivity contribution >= 4 is 27.3 Å². The maximum Gasteiger partial charge on any atom is 0.312 e. The molecule has 27 heavy (non-hydrogen) atoms. The van der Waals surface area contributed by atoms with Crippen molar-refractivity contribution in [2.75, 3.05) is 18.4 Å². The highest BCUT2D eigenvalue weighted by Gasteiger charge is 2.29. The number of amides is 1. The zero-order valence-corrected chi connectivity index (χ0v) is 15.0. The van der Waals surface area contributed by atoms with Crippen molar-refractivity contribution in [2.24, 2.45) is 5.14 Å². The summed E-state index contributed by atoms with van der Waals surface area (Å²) in [5.74, 6) is -0.135. The SMILES string of the molecule is NS(=O)(=O)c1cccc(NC2CCN(C(=O)c3ccoc3)CC2)c1[N+](=O)[O-]. The normalized spacial score (nSPS) is 15.5. The van der Waals surface area contributed by atoms with E-state index >= 15 is 0 Å². The Morgan fingerprint density at radius 2 is 2.00 bits per heavy atom. The molecule has 1 fully saturated rings. The molecule has 0 unspecified atom stereocenters. The molecule has 144 valence electrons. The Labute approximate surface area is 155 Å². The number of benzene rings is 1. The molecule has 1 aliphatic rings. The van der Waals surface area contributed by atoms with Gasteiger partial charge in [-0.3, -0.25) is 14.9 Å². The monoisotopic (exact) mass is 394 g/mol. The Kier molecular flexibility index (Phi) is 5.15. The molecular weight excluding hydrogens is 376 g/mol. The van der Waals surface area contributed by atoms with Gasteiger partial charge in [-0.15, -0.1) is 0 Å². The predicted molar refractivity (Wildman–Crippen MR) is 95.7 cm³/mol. The highest BCUT2D eigenvalue weighted by molar-refractivity contribution is 7.89. The first-order chi connectivity index (χ1) is 12.8. The Bertz CT molecular complexity index is 949. The third kappa shape index (κ3) is 4.09. The van der Waals surface area contributed by atoms with Gasteiger partial charge in [0.15, 0.2) is 4.90 Å². The molecule has 0 saturated carbocycles. The molecular formula is C16H18N4O6S. The molecule has 0 spiro atoms. The summed E-state index contributed by atoms with van der Waals surface area (Å²) in [6, 6.07) is 5.38. The first-order valence-electron chi connectivity index (χ1n) is 8.15. The lowest BCUT2D eigenvalue weighted by molar-refractivity contribution is -0.386. The van der Waals surface area contributed by atoms with Gasteiger partial charge >= 0.3 is 5.69 Å². The highest BCUT2D eigenvalue weighted by atomic mass is 32.2. The molecule has 0 atom stereocenters. The zero-order chi connectivity index (χ0) is 19.6. The number of sulfonamides is 1. The zero-order valence-electron chi connectivity index (χ0n) is 14.2. The number of piperidine rings is 1. The van der Waals surface area contributed by atoms with Crippen molar-refractivity contribution in [3.05, 3.63) is 52.5 Å². The van der Waals surface area contributed by atoms with Crippen LogP contribution in [-0.4, -0.2) is 43.3 Å². The Hall–Kier alpha value is -2.92. The largest absolute Gasteiger partial charge is 0.472 e. The quantitative estimate of drug-likeness (QED) is 0.577. The smallest absolute Gasteiger partial charge is 0.312 e. The minimum absolute atomic E-state index is 0.0890. The molecule has 1 saturated heterocycles. The summed E-state index contributed by atoms with van der Waals surface area (Å²) in [5, 5.41) is 19.5. The molecule has 0 bridgehead atoms. The van der Waals surface area contributed by atoms with Crippen LogP contribution < -0.4 is 10.5 Å². The van der Waals surface area contributed by atoms with E-state index in [1.54, 1.807) is 11.0 Å². The van der Waals surface area contributed by atoms with E-state index in [-0.39, 0.29) is 17.6 Å². The van der Waals surface area contributed by atoms with Crippen molar-refractivity contribution in [1.82, 2.24) is 4.90 Å². The number of likely N-dealkylation sites (tertiary alicyclic amines) is 1. The van der Waals surface area contributed by atoms with E-state index in [1.807, 2.05) is 0 Å². The van der Waals surface area contributed by atoms with E-state index in [4.69, 9.17) is 9.56 Å². The summed E-state index contributed by atoms with van der Waals surface area (Å²) in [4.78, 5) is 24.1. The number of hydrogen-bond donors (Lipinski definition) is 2. The maximum absolute atomic E-state index is 12.3. The van der Waals surface area contributed by atoms with Gasteiger partial charge in [0.25, 0.3) is 5.91 Å². The van der Waals surface area contributed by atoms with Crippen molar-refractivity contribution < 1.29 is 22.6 Å². The maximum atomic E-state index is 12.3. The molecule has 3 N–H and O–H groups in total. The van der Waals surface area contributed by atoms with Gasteiger partial charge in [-0.1, -0.05) is 6.07 Å². The topological polar surface area (TPSA) is 149 Å². The second kappa shape index (κ2) is 7.37. The van der Waals surface area contributed by atoms with Gasteiger partial charge in [-0.05, 0) is 31.0 Å².